The molecule has 1 aromatic heterocycles. The van der Waals surface area contributed by atoms with Crippen LogP contribution in [-0.2, 0) is 13.0 Å². The van der Waals surface area contributed by atoms with Crippen molar-refractivity contribution in [3.8, 4) is 0 Å². The molecule has 1 aromatic carbocycles. The molecule has 0 aliphatic rings. The molecule has 0 unspecified atom stereocenters. The zero-order chi connectivity index (χ0) is 13.8. The summed E-state index contributed by atoms with van der Waals surface area (Å²) in [6.07, 6.45) is 3.99. The van der Waals surface area contributed by atoms with E-state index in [1.54, 1.807) is 0 Å². The first-order valence-electron chi connectivity index (χ1n) is 7.24. The van der Waals surface area contributed by atoms with E-state index in [4.69, 9.17) is 10.1 Å². The topological polar surface area (TPSA) is 38.0 Å². The van der Waals surface area contributed by atoms with E-state index >= 15 is 0 Å². The number of fused-ring (bicyclic) bond motifs is 1. The van der Waals surface area contributed by atoms with Gasteiger partial charge in [0.05, 0.1) is 11.0 Å². The van der Waals surface area contributed by atoms with Crippen molar-refractivity contribution in [2.24, 2.45) is 0 Å². The fourth-order valence-corrected chi connectivity index (χ4v) is 2.42. The molecule has 0 saturated heterocycles. The molecule has 0 fully saturated rings. The fraction of sp³-hybridized carbons (Fsp3) is 0.562. The highest BCUT2D eigenvalue weighted by atomic mass is 16.2. The molecule has 19 heavy (non-hydrogen) atoms. The monoisotopic (exact) mass is 260 g/mol. The molecule has 0 amide bonds. The summed E-state index contributed by atoms with van der Waals surface area (Å²) in [6, 6.07) is 4.42. The second-order valence-corrected chi connectivity index (χ2v) is 5.29. The number of rotatable bonds is 6. The van der Waals surface area contributed by atoms with Crippen molar-refractivity contribution in [3.63, 3.8) is 0 Å². The lowest BCUT2D eigenvalue weighted by atomic mass is 10.1. The summed E-state index contributed by atoms with van der Waals surface area (Å²) < 4.78 is 2.33. The summed E-state index contributed by atoms with van der Waals surface area (Å²) in [6.45, 7) is 7.75. The van der Waals surface area contributed by atoms with E-state index in [0.29, 0.717) is 0 Å². The van der Waals surface area contributed by atoms with Crippen LogP contribution < -0.4 is 0 Å². The first-order chi connectivity index (χ1) is 9.17. The van der Waals surface area contributed by atoms with Crippen molar-refractivity contribution >= 4 is 11.0 Å². The van der Waals surface area contributed by atoms with Crippen molar-refractivity contribution in [1.29, 1.82) is 0 Å². The maximum absolute atomic E-state index is 9.02. The number of benzene rings is 1. The molecule has 104 valence electrons. The van der Waals surface area contributed by atoms with E-state index < -0.39 is 0 Å². The number of aliphatic hydroxyl groups is 1. The second-order valence-electron chi connectivity index (χ2n) is 5.29. The fourth-order valence-electron chi connectivity index (χ4n) is 2.42. The zero-order valence-corrected chi connectivity index (χ0v) is 12.2. The minimum atomic E-state index is 0.231. The van der Waals surface area contributed by atoms with Gasteiger partial charge in [0.1, 0.15) is 5.82 Å². The lowest BCUT2D eigenvalue weighted by Gasteiger charge is -2.09. The molecule has 2 rings (SSSR count). The first kappa shape index (κ1) is 14.1. The highest BCUT2D eigenvalue weighted by Gasteiger charge is 2.11. The van der Waals surface area contributed by atoms with Crippen LogP contribution >= 0.6 is 0 Å². The number of aliphatic hydroxyl groups excluding tert-OH is 1. The highest BCUT2D eigenvalue weighted by molar-refractivity contribution is 5.78. The van der Waals surface area contributed by atoms with Gasteiger partial charge in [-0.05, 0) is 49.9 Å². The number of unbranched alkanes of at least 4 members (excludes halogenated alkanes) is 1. The average Bonchev–Trinajstić information content (AvgIpc) is 2.71. The second kappa shape index (κ2) is 6.20. The number of hydrogen-bond acceptors (Lipinski definition) is 2. The molecule has 3 nitrogen and oxygen atoms in total. The van der Waals surface area contributed by atoms with Gasteiger partial charge in [0.25, 0.3) is 0 Å². The first-order valence-corrected chi connectivity index (χ1v) is 7.24. The Morgan fingerprint density at radius 2 is 1.89 bits per heavy atom. The average molecular weight is 260 g/mol. The van der Waals surface area contributed by atoms with Crippen LogP contribution in [0.5, 0.6) is 0 Å². The normalized spacial score (nSPS) is 11.4. The van der Waals surface area contributed by atoms with Crippen LogP contribution in [0.4, 0.5) is 0 Å². The van der Waals surface area contributed by atoms with Crippen molar-refractivity contribution in [2.75, 3.05) is 6.61 Å². The molecule has 2 aromatic rings. The van der Waals surface area contributed by atoms with Crippen molar-refractivity contribution in [1.82, 2.24) is 9.55 Å². The van der Waals surface area contributed by atoms with Crippen LogP contribution in [0.2, 0.25) is 0 Å². The van der Waals surface area contributed by atoms with Gasteiger partial charge < -0.3 is 9.67 Å². The lowest BCUT2D eigenvalue weighted by molar-refractivity contribution is 0.287. The summed E-state index contributed by atoms with van der Waals surface area (Å²) >= 11 is 0. The maximum Gasteiger partial charge on any atom is 0.109 e. The molecule has 1 N–H and O–H groups in total. The number of aryl methyl sites for hydroxylation is 4. The lowest BCUT2D eigenvalue weighted by Crippen LogP contribution is -2.05. The van der Waals surface area contributed by atoms with Crippen LogP contribution in [0.25, 0.3) is 11.0 Å². The summed E-state index contributed by atoms with van der Waals surface area (Å²) in [7, 11) is 0. The SMILES string of the molecule is CCCCn1c(CCCO)nc2cc(C)c(C)cc21. The van der Waals surface area contributed by atoms with Gasteiger partial charge in [0, 0.05) is 19.6 Å². The van der Waals surface area contributed by atoms with E-state index in [-0.39, 0.29) is 6.61 Å². The maximum atomic E-state index is 9.02. The Morgan fingerprint density at radius 1 is 1.16 bits per heavy atom. The minimum absolute atomic E-state index is 0.231. The summed E-state index contributed by atoms with van der Waals surface area (Å²) in [4.78, 5) is 4.76. The van der Waals surface area contributed by atoms with E-state index in [0.717, 1.165) is 30.7 Å². The largest absolute Gasteiger partial charge is 0.396 e. The standard InChI is InChI=1S/C16H24N2O/c1-4-5-8-18-15-11-13(3)12(2)10-14(15)17-16(18)7-6-9-19/h10-11,19H,4-9H2,1-3H3. The van der Waals surface area contributed by atoms with Crippen LogP contribution in [0.1, 0.15) is 43.1 Å². The molecule has 0 radical (unpaired) electrons. The Labute approximate surface area is 115 Å². The minimum Gasteiger partial charge on any atom is -0.396 e. The van der Waals surface area contributed by atoms with Crippen molar-refractivity contribution < 1.29 is 5.11 Å². The van der Waals surface area contributed by atoms with Gasteiger partial charge in [-0.1, -0.05) is 13.3 Å². The van der Waals surface area contributed by atoms with E-state index in [2.05, 4.69) is 37.5 Å². The van der Waals surface area contributed by atoms with Crippen LogP contribution in [0.3, 0.4) is 0 Å². The Balaban J connectivity index is 2.46. The Kier molecular flexibility index (Phi) is 4.59. The predicted octanol–water partition coefficient (Wildman–Crippen LogP) is 3.38. The van der Waals surface area contributed by atoms with Gasteiger partial charge >= 0.3 is 0 Å². The van der Waals surface area contributed by atoms with Gasteiger partial charge in [-0.15, -0.1) is 0 Å². The number of imidazole rings is 1. The Morgan fingerprint density at radius 3 is 2.58 bits per heavy atom. The molecule has 0 aliphatic heterocycles. The van der Waals surface area contributed by atoms with E-state index in [1.807, 2.05) is 0 Å². The molecule has 3 heteroatoms. The molecule has 0 saturated carbocycles. The van der Waals surface area contributed by atoms with Crippen LogP contribution in [-0.4, -0.2) is 21.3 Å². The van der Waals surface area contributed by atoms with Gasteiger partial charge in [-0.2, -0.15) is 0 Å². The summed E-state index contributed by atoms with van der Waals surface area (Å²) in [5.74, 6) is 1.11. The highest BCUT2D eigenvalue weighted by Crippen LogP contribution is 2.22. The Bertz CT molecular complexity index is 557. The number of aromatic nitrogens is 2. The van der Waals surface area contributed by atoms with E-state index in [9.17, 15) is 0 Å². The molecular weight excluding hydrogens is 236 g/mol. The molecular formula is C16H24N2O. The van der Waals surface area contributed by atoms with E-state index in [1.165, 1.54) is 29.5 Å². The van der Waals surface area contributed by atoms with Crippen molar-refractivity contribution in [2.45, 2.75) is 53.0 Å². The summed E-state index contributed by atoms with van der Waals surface area (Å²) in [5.41, 5.74) is 4.94. The summed E-state index contributed by atoms with van der Waals surface area (Å²) in [5, 5.41) is 9.02. The predicted molar refractivity (Wildman–Crippen MR) is 79.5 cm³/mol. The third-order valence-electron chi connectivity index (χ3n) is 3.74. The third-order valence-corrected chi connectivity index (χ3v) is 3.74. The molecule has 1 heterocycles. The van der Waals surface area contributed by atoms with Gasteiger partial charge in [0.2, 0.25) is 0 Å². The quantitative estimate of drug-likeness (QED) is 0.864. The molecule has 0 bridgehead atoms. The van der Waals surface area contributed by atoms with Crippen LogP contribution in [0.15, 0.2) is 12.1 Å². The van der Waals surface area contributed by atoms with Gasteiger partial charge in [0.15, 0.2) is 0 Å². The third kappa shape index (κ3) is 2.98. The van der Waals surface area contributed by atoms with Crippen molar-refractivity contribution in [3.05, 3.63) is 29.1 Å². The number of nitrogens with zero attached hydrogens (tertiary/aromatic N) is 2. The van der Waals surface area contributed by atoms with Gasteiger partial charge in [-0.25, -0.2) is 4.98 Å². The molecule has 0 spiro atoms. The van der Waals surface area contributed by atoms with Gasteiger partial charge in [-0.3, -0.25) is 0 Å². The smallest absolute Gasteiger partial charge is 0.109 e. The number of hydrogen-bond donors (Lipinski definition) is 1. The van der Waals surface area contributed by atoms with Crippen LogP contribution in [0, 0.1) is 13.8 Å². The Hall–Kier alpha value is -1.35. The zero-order valence-electron chi connectivity index (χ0n) is 12.2. The molecule has 0 aliphatic carbocycles. The molecule has 0 atom stereocenters.